The van der Waals surface area contributed by atoms with Gasteiger partial charge in [-0.25, -0.2) is 5.26 Å². The second kappa shape index (κ2) is 9.48. The maximum atomic E-state index is 10.5. The second-order valence-corrected chi connectivity index (χ2v) is 8.41. The van der Waals surface area contributed by atoms with E-state index < -0.39 is 5.75 Å². The first-order valence-corrected chi connectivity index (χ1v) is 11.3. The van der Waals surface area contributed by atoms with E-state index in [0.717, 1.165) is 16.7 Å². The first kappa shape index (κ1) is 22.4. The van der Waals surface area contributed by atoms with Crippen LogP contribution in [0.3, 0.4) is 0 Å². The summed E-state index contributed by atoms with van der Waals surface area (Å²) in [6, 6.07) is 21.4. The highest BCUT2D eigenvalue weighted by Crippen LogP contribution is 2.48. The van der Waals surface area contributed by atoms with E-state index in [9.17, 15) is 20.6 Å². The lowest BCUT2D eigenvalue weighted by Gasteiger charge is -2.17. The van der Waals surface area contributed by atoms with E-state index in [1.165, 1.54) is 6.07 Å². The van der Waals surface area contributed by atoms with E-state index in [0.29, 0.717) is 48.5 Å². The van der Waals surface area contributed by atoms with E-state index in [4.69, 9.17) is 9.47 Å². The van der Waals surface area contributed by atoms with Crippen molar-refractivity contribution < 1.29 is 34.9 Å². The molecule has 6 rings (SSSR count). The van der Waals surface area contributed by atoms with Crippen molar-refractivity contribution in [2.75, 3.05) is 0 Å². The number of rotatable bonds is 1. The molecule has 0 spiro atoms. The monoisotopic (exact) mass is 472 g/mol. The number of ether oxygens (including phenoxy) is 2. The molecule has 4 aromatic rings. The maximum absolute atomic E-state index is 10.5. The lowest BCUT2D eigenvalue weighted by molar-refractivity contribution is -0.139. The summed E-state index contributed by atoms with van der Waals surface area (Å²) in [6.07, 6.45) is 2.21. The van der Waals surface area contributed by atoms with Gasteiger partial charge in [-0.3, -0.25) is 0 Å². The molecule has 0 unspecified atom stereocenters. The number of hydrogen-bond acceptors (Lipinski definition) is 7. The molecule has 35 heavy (non-hydrogen) atoms. The summed E-state index contributed by atoms with van der Waals surface area (Å²) in [5.74, 6) is 0.322. The molecule has 2 aliphatic heterocycles. The zero-order valence-corrected chi connectivity index (χ0v) is 18.8. The van der Waals surface area contributed by atoms with Gasteiger partial charge in [0.05, 0.1) is 0 Å². The first-order valence-electron chi connectivity index (χ1n) is 11.3. The summed E-state index contributed by atoms with van der Waals surface area (Å²) in [6.45, 7) is 0. The molecule has 2 heterocycles. The van der Waals surface area contributed by atoms with E-state index >= 15 is 0 Å². The van der Waals surface area contributed by atoms with Gasteiger partial charge in [-0.1, -0.05) is 36.4 Å². The third-order valence-corrected chi connectivity index (χ3v) is 6.06. The highest BCUT2D eigenvalue weighted by Gasteiger charge is 2.22. The summed E-state index contributed by atoms with van der Waals surface area (Å²) in [7, 11) is 0. The Balaban J connectivity index is 1.60. The average molecular weight is 472 g/mol. The third kappa shape index (κ3) is 4.67. The van der Waals surface area contributed by atoms with Crippen LogP contribution < -0.4 is 14.4 Å². The number of phenols is 3. The summed E-state index contributed by atoms with van der Waals surface area (Å²) in [4.78, 5) is 4.59. The zero-order valence-electron chi connectivity index (χ0n) is 18.8. The molecule has 6 bridgehead atoms. The van der Waals surface area contributed by atoms with Crippen molar-refractivity contribution in [3.8, 4) is 46.0 Å². The molecule has 7 nitrogen and oxygen atoms in total. The second-order valence-electron chi connectivity index (χ2n) is 8.41. The van der Waals surface area contributed by atoms with Crippen molar-refractivity contribution in [3.05, 3.63) is 95.1 Å². The van der Waals surface area contributed by atoms with Crippen molar-refractivity contribution in [2.45, 2.75) is 25.7 Å². The minimum Gasteiger partial charge on any atom is -0.504 e. The summed E-state index contributed by atoms with van der Waals surface area (Å²) in [5.41, 5.74) is 3.28. The number of benzene rings is 4. The van der Waals surface area contributed by atoms with Crippen LogP contribution in [-0.2, 0) is 25.7 Å². The molecule has 0 radical (unpaired) electrons. The minimum absolute atomic E-state index is 0.0721. The van der Waals surface area contributed by atoms with Gasteiger partial charge < -0.3 is 29.7 Å². The smallest absolute Gasteiger partial charge is 0.219 e. The van der Waals surface area contributed by atoms with Crippen LogP contribution in [0.25, 0.3) is 0 Å². The Kier molecular flexibility index (Phi) is 6.08. The minimum atomic E-state index is -0.525. The quantitative estimate of drug-likeness (QED) is 0.150. The molecule has 0 fully saturated rings. The number of phenolic OH excluding ortho intramolecular Hbond substituents is 3. The van der Waals surface area contributed by atoms with Gasteiger partial charge in [0.2, 0.25) is 17.2 Å². The molecule has 2 aliphatic rings. The Morgan fingerprint density at radius 1 is 0.600 bits per heavy atom. The van der Waals surface area contributed by atoms with Gasteiger partial charge >= 0.3 is 0 Å². The standard InChI is InChI=1S/C28H24O7/c29-23-6-2-4-19-11-7-17-9-13-21(14-10-17)33-28-25(31)24(30)16-20(27(28)35-32)12-8-18-3-1-5-22(15-18)34-26(19)23/h1-6,9-10,13-16,29-32H,7-8,11-12H2. The molecule has 4 aromatic carbocycles. The molecule has 0 saturated heterocycles. The molecule has 0 saturated carbocycles. The lowest BCUT2D eigenvalue weighted by Crippen LogP contribution is -2.00. The number of aromatic hydroxyl groups is 3. The fourth-order valence-corrected chi connectivity index (χ4v) is 4.22. The van der Waals surface area contributed by atoms with Crippen molar-refractivity contribution in [2.24, 2.45) is 0 Å². The van der Waals surface area contributed by atoms with Gasteiger partial charge in [-0.15, -0.1) is 0 Å². The molecule has 7 heteroatoms. The maximum Gasteiger partial charge on any atom is 0.219 e. The number of hydrogen-bond donors (Lipinski definition) is 4. The summed E-state index contributed by atoms with van der Waals surface area (Å²) in [5, 5.41) is 40.8. The Morgan fingerprint density at radius 3 is 2.11 bits per heavy atom. The molecule has 0 aliphatic carbocycles. The van der Waals surface area contributed by atoms with Crippen LogP contribution >= 0.6 is 0 Å². The highest BCUT2D eigenvalue weighted by molar-refractivity contribution is 5.62. The van der Waals surface area contributed by atoms with Crippen LogP contribution in [0.4, 0.5) is 0 Å². The molecular formula is C28H24O7. The third-order valence-electron chi connectivity index (χ3n) is 6.06. The van der Waals surface area contributed by atoms with Gasteiger partial charge in [0.1, 0.15) is 11.5 Å². The predicted octanol–water partition coefficient (Wildman–Crippen LogP) is 6.12. The van der Waals surface area contributed by atoms with E-state index in [2.05, 4.69) is 4.89 Å². The van der Waals surface area contributed by atoms with Crippen LogP contribution in [0.1, 0.15) is 22.3 Å². The molecule has 0 atom stereocenters. The van der Waals surface area contributed by atoms with Crippen molar-refractivity contribution in [1.29, 1.82) is 0 Å². The lowest BCUT2D eigenvalue weighted by atomic mass is 10.0. The highest BCUT2D eigenvalue weighted by atomic mass is 17.1. The van der Waals surface area contributed by atoms with Crippen LogP contribution in [-0.4, -0.2) is 20.6 Å². The first-order chi connectivity index (χ1) is 17.0. The van der Waals surface area contributed by atoms with Crippen LogP contribution in [0.5, 0.6) is 46.0 Å². The van der Waals surface area contributed by atoms with Gasteiger partial charge in [0.25, 0.3) is 0 Å². The number of aryl methyl sites for hydroxylation is 4. The molecule has 4 N–H and O–H groups in total. The van der Waals surface area contributed by atoms with Gasteiger partial charge in [-0.2, -0.15) is 0 Å². The van der Waals surface area contributed by atoms with Gasteiger partial charge in [0.15, 0.2) is 17.2 Å². The SMILES string of the molecule is OOc1c2cc(O)c(O)c1Oc1ccc(cc1)CCc1cccc(O)c1Oc1cccc(c1)CC2. The van der Waals surface area contributed by atoms with E-state index in [1.807, 2.05) is 42.5 Å². The van der Waals surface area contributed by atoms with Crippen LogP contribution in [0, 0.1) is 0 Å². The average Bonchev–Trinajstić information content (AvgIpc) is 2.86. The largest absolute Gasteiger partial charge is 0.504 e. The Bertz CT molecular complexity index is 1360. The fourth-order valence-electron chi connectivity index (χ4n) is 4.22. The Labute approximate surface area is 202 Å². The number of para-hydroxylation sites is 1. The van der Waals surface area contributed by atoms with Crippen LogP contribution in [0.15, 0.2) is 72.8 Å². The Morgan fingerprint density at radius 2 is 1.31 bits per heavy atom. The predicted molar refractivity (Wildman–Crippen MR) is 129 cm³/mol. The summed E-state index contributed by atoms with van der Waals surface area (Å²) >= 11 is 0. The van der Waals surface area contributed by atoms with Crippen molar-refractivity contribution in [1.82, 2.24) is 0 Å². The van der Waals surface area contributed by atoms with Crippen molar-refractivity contribution in [3.63, 3.8) is 0 Å². The fraction of sp³-hybridized carbons (Fsp3) is 0.143. The van der Waals surface area contributed by atoms with Crippen LogP contribution in [0.2, 0.25) is 0 Å². The molecule has 0 amide bonds. The normalized spacial score (nSPS) is 13.1. The molecule has 0 aromatic heterocycles. The summed E-state index contributed by atoms with van der Waals surface area (Å²) < 4.78 is 11.9. The zero-order chi connectivity index (χ0) is 24.4. The van der Waals surface area contributed by atoms with Gasteiger partial charge in [-0.05, 0) is 78.8 Å². The van der Waals surface area contributed by atoms with Gasteiger partial charge in [0, 0.05) is 5.56 Å². The Hall–Kier alpha value is -4.36. The van der Waals surface area contributed by atoms with E-state index in [-0.39, 0.29) is 23.0 Å². The molecule has 178 valence electrons. The van der Waals surface area contributed by atoms with E-state index in [1.54, 1.807) is 24.3 Å². The van der Waals surface area contributed by atoms with Crippen molar-refractivity contribution >= 4 is 0 Å². The molecular weight excluding hydrogens is 448 g/mol. The number of fused-ring (bicyclic) bond motifs is 4. The topological polar surface area (TPSA) is 109 Å².